The van der Waals surface area contributed by atoms with Crippen LogP contribution in [0, 0.1) is 22.7 Å². The largest absolute Gasteiger partial charge is 0.481 e. The van der Waals surface area contributed by atoms with Gasteiger partial charge in [0.25, 0.3) is 0 Å². The number of nitrogen functional groups attached to an aromatic ring is 1. The molecular formula is C20H15N5O. The number of allylic oxidation sites excluding steroid dienone is 2. The highest BCUT2D eigenvalue weighted by molar-refractivity contribution is 5.86. The lowest BCUT2D eigenvalue weighted by molar-refractivity contribution is 0.277. The Bertz CT molecular complexity index is 1010. The Balaban J connectivity index is 1.99. The van der Waals surface area contributed by atoms with Crippen LogP contribution in [0.25, 0.3) is 0 Å². The molecule has 2 aliphatic heterocycles. The maximum atomic E-state index is 9.90. The Hall–Kier alpha value is -3.90. The summed E-state index contributed by atoms with van der Waals surface area (Å²) in [6, 6.07) is 19.4. The van der Waals surface area contributed by atoms with E-state index < -0.39 is 5.92 Å². The number of fused-ring (bicyclic) bond motifs is 3. The highest BCUT2D eigenvalue weighted by atomic mass is 16.5. The van der Waals surface area contributed by atoms with Crippen LogP contribution in [0.4, 0.5) is 17.1 Å². The van der Waals surface area contributed by atoms with Gasteiger partial charge in [-0.25, -0.2) is 0 Å². The lowest BCUT2D eigenvalue weighted by Crippen LogP contribution is -2.31. The molecule has 0 bridgehead atoms. The van der Waals surface area contributed by atoms with Crippen molar-refractivity contribution in [1.29, 1.82) is 10.5 Å². The van der Waals surface area contributed by atoms with Crippen molar-refractivity contribution in [1.82, 2.24) is 0 Å². The Labute approximate surface area is 151 Å². The number of hydrogen-bond donors (Lipinski definition) is 2. The molecule has 6 nitrogen and oxygen atoms in total. The number of rotatable bonds is 2. The maximum Gasteiger partial charge on any atom is 0.214 e. The van der Waals surface area contributed by atoms with Crippen molar-refractivity contribution in [3.05, 3.63) is 76.9 Å². The van der Waals surface area contributed by atoms with Crippen LogP contribution in [-0.4, -0.2) is 7.11 Å². The van der Waals surface area contributed by atoms with Gasteiger partial charge in [-0.15, -0.1) is 0 Å². The number of ether oxygens (including phenoxy) is 1. The van der Waals surface area contributed by atoms with Crippen molar-refractivity contribution in [2.45, 2.75) is 5.92 Å². The van der Waals surface area contributed by atoms with Crippen LogP contribution in [0.2, 0.25) is 0 Å². The fourth-order valence-corrected chi connectivity index (χ4v) is 3.45. The summed E-state index contributed by atoms with van der Waals surface area (Å²) in [5.41, 5.74) is 9.77. The van der Waals surface area contributed by atoms with Gasteiger partial charge in [0.1, 0.15) is 17.5 Å². The molecule has 0 saturated carbocycles. The highest BCUT2D eigenvalue weighted by Gasteiger charge is 2.41. The Morgan fingerprint density at radius 3 is 2.38 bits per heavy atom. The third-order valence-electron chi connectivity index (χ3n) is 4.59. The molecule has 126 valence electrons. The molecule has 1 atom stereocenters. The van der Waals surface area contributed by atoms with Gasteiger partial charge in [-0.1, -0.05) is 24.3 Å². The summed E-state index contributed by atoms with van der Waals surface area (Å²) in [4.78, 5) is 1.79. The second kappa shape index (κ2) is 5.87. The summed E-state index contributed by atoms with van der Waals surface area (Å²) in [6.45, 7) is 0. The van der Waals surface area contributed by atoms with E-state index >= 15 is 0 Å². The predicted molar refractivity (Wildman–Crippen MR) is 98.4 cm³/mol. The molecule has 0 aromatic heterocycles. The molecular weight excluding hydrogens is 326 g/mol. The van der Waals surface area contributed by atoms with E-state index in [1.165, 1.54) is 7.11 Å². The quantitative estimate of drug-likeness (QED) is 0.812. The first kappa shape index (κ1) is 15.6. The summed E-state index contributed by atoms with van der Waals surface area (Å²) >= 11 is 0. The predicted octanol–water partition coefficient (Wildman–Crippen LogP) is 3.41. The van der Waals surface area contributed by atoms with Crippen LogP contribution in [0.5, 0.6) is 0 Å². The molecule has 4 rings (SSSR count). The fraction of sp³-hybridized carbons (Fsp3) is 0.100. The van der Waals surface area contributed by atoms with Crippen LogP contribution < -0.4 is 16.0 Å². The smallest absolute Gasteiger partial charge is 0.214 e. The van der Waals surface area contributed by atoms with Crippen molar-refractivity contribution in [2.24, 2.45) is 0 Å². The molecule has 0 saturated heterocycles. The van der Waals surface area contributed by atoms with Crippen molar-refractivity contribution < 1.29 is 4.74 Å². The van der Waals surface area contributed by atoms with E-state index in [-0.39, 0.29) is 0 Å². The number of nitrogens with two attached hydrogens (primary N) is 1. The first-order chi connectivity index (χ1) is 12.7. The summed E-state index contributed by atoms with van der Waals surface area (Å²) < 4.78 is 5.61. The first-order valence-corrected chi connectivity index (χ1v) is 8.03. The first-order valence-electron chi connectivity index (χ1n) is 8.03. The molecule has 0 fully saturated rings. The number of methoxy groups -OCH3 is 1. The average molecular weight is 341 g/mol. The minimum absolute atomic E-state index is 0.385. The second-order valence-corrected chi connectivity index (χ2v) is 5.99. The fourth-order valence-electron chi connectivity index (χ4n) is 3.45. The van der Waals surface area contributed by atoms with Gasteiger partial charge in [-0.2, -0.15) is 10.5 Å². The van der Waals surface area contributed by atoms with E-state index in [1.807, 2.05) is 36.4 Å². The highest BCUT2D eigenvalue weighted by Crippen LogP contribution is 2.48. The summed E-state index contributed by atoms with van der Waals surface area (Å²) in [6.07, 6.45) is 0. The van der Waals surface area contributed by atoms with Crippen LogP contribution in [0.3, 0.4) is 0 Å². The maximum absolute atomic E-state index is 9.90. The summed E-state index contributed by atoms with van der Waals surface area (Å²) in [7, 11) is 1.53. The molecule has 0 spiro atoms. The standard InChI is InChI=1S/C20H15N5O/c1-26-20-15(11-22)18(12-6-8-13(23)9-7-12)14(10-21)19-24-16-4-2-3-5-17(16)25(19)20/h2-9,18,24H,23H2,1H3. The number of anilines is 3. The zero-order valence-corrected chi connectivity index (χ0v) is 14.0. The minimum atomic E-state index is -0.520. The van der Waals surface area contributed by atoms with E-state index in [0.717, 1.165) is 16.9 Å². The van der Waals surface area contributed by atoms with Crippen LogP contribution in [0.15, 0.2) is 71.4 Å². The van der Waals surface area contributed by atoms with Gasteiger partial charge in [-0.05, 0) is 29.8 Å². The zero-order chi connectivity index (χ0) is 18.3. The second-order valence-electron chi connectivity index (χ2n) is 5.99. The number of para-hydroxylation sites is 2. The molecule has 2 aliphatic rings. The summed E-state index contributed by atoms with van der Waals surface area (Å²) in [5, 5.41) is 23.1. The lowest BCUT2D eigenvalue weighted by Gasteiger charge is -2.32. The number of nitrogens with one attached hydrogen (secondary N) is 1. The topological polar surface area (TPSA) is 98.1 Å². The Morgan fingerprint density at radius 2 is 1.73 bits per heavy atom. The van der Waals surface area contributed by atoms with Crippen LogP contribution in [0.1, 0.15) is 11.5 Å². The molecule has 2 aromatic carbocycles. The van der Waals surface area contributed by atoms with Crippen LogP contribution in [-0.2, 0) is 4.74 Å². The van der Waals surface area contributed by atoms with Crippen LogP contribution >= 0.6 is 0 Å². The number of nitriles is 2. The van der Waals surface area contributed by atoms with Gasteiger partial charge in [0.2, 0.25) is 5.88 Å². The van der Waals surface area contributed by atoms with Crippen molar-refractivity contribution >= 4 is 17.1 Å². The molecule has 0 radical (unpaired) electrons. The van der Waals surface area contributed by atoms with Gasteiger partial charge in [0, 0.05) is 5.69 Å². The molecule has 0 amide bonds. The third kappa shape index (κ3) is 2.10. The van der Waals surface area contributed by atoms with E-state index in [0.29, 0.717) is 28.5 Å². The van der Waals surface area contributed by atoms with Crippen molar-refractivity contribution in [3.8, 4) is 12.1 Å². The zero-order valence-electron chi connectivity index (χ0n) is 14.0. The molecule has 26 heavy (non-hydrogen) atoms. The number of benzene rings is 2. The van der Waals surface area contributed by atoms with E-state index in [4.69, 9.17) is 10.5 Å². The lowest BCUT2D eigenvalue weighted by atomic mass is 9.83. The Kier molecular flexibility index (Phi) is 3.53. The molecule has 0 aliphatic carbocycles. The molecule has 3 N–H and O–H groups in total. The third-order valence-corrected chi connectivity index (χ3v) is 4.59. The Morgan fingerprint density at radius 1 is 1.04 bits per heavy atom. The van der Waals surface area contributed by atoms with Crippen molar-refractivity contribution in [2.75, 3.05) is 23.1 Å². The van der Waals surface area contributed by atoms with Gasteiger partial charge in [-0.3, -0.25) is 4.90 Å². The minimum Gasteiger partial charge on any atom is -0.481 e. The number of nitrogens with zero attached hydrogens (tertiary/aromatic N) is 3. The van der Waals surface area contributed by atoms with E-state index in [9.17, 15) is 10.5 Å². The normalized spacial score (nSPS) is 17.8. The van der Waals surface area contributed by atoms with Gasteiger partial charge >= 0.3 is 0 Å². The van der Waals surface area contributed by atoms with E-state index in [2.05, 4.69) is 17.5 Å². The van der Waals surface area contributed by atoms with Gasteiger partial charge in [0.05, 0.1) is 36.0 Å². The van der Waals surface area contributed by atoms with E-state index in [1.54, 1.807) is 17.0 Å². The SMILES string of the molecule is COC1=C(C#N)C(c2ccc(N)cc2)C(C#N)=C2Nc3ccccc3N21. The van der Waals surface area contributed by atoms with Crippen molar-refractivity contribution in [3.63, 3.8) is 0 Å². The molecule has 6 heteroatoms. The average Bonchev–Trinajstić information content (AvgIpc) is 3.06. The number of hydrogen-bond acceptors (Lipinski definition) is 6. The van der Waals surface area contributed by atoms with Gasteiger partial charge < -0.3 is 15.8 Å². The summed E-state index contributed by atoms with van der Waals surface area (Å²) in [5.74, 6) is 0.515. The molecule has 2 heterocycles. The van der Waals surface area contributed by atoms with Gasteiger partial charge in [0.15, 0.2) is 0 Å². The molecule has 1 unspecified atom stereocenters. The monoisotopic (exact) mass is 341 g/mol. The molecule has 2 aromatic rings.